The molecule has 4 heteroatoms. The fourth-order valence-electron chi connectivity index (χ4n) is 1.28. The Labute approximate surface area is 89.5 Å². The lowest BCUT2D eigenvalue weighted by Gasteiger charge is -2.07. The second kappa shape index (κ2) is 4.68. The Morgan fingerprint density at radius 2 is 1.80 bits per heavy atom. The van der Waals surface area contributed by atoms with Crippen molar-refractivity contribution in [2.45, 2.75) is 13.3 Å². The van der Waals surface area contributed by atoms with Gasteiger partial charge in [0, 0.05) is 32.3 Å². The molecule has 82 valence electrons. The molecule has 0 bridgehead atoms. The summed E-state index contributed by atoms with van der Waals surface area (Å²) in [5.74, 6) is 0.218. The van der Waals surface area contributed by atoms with Gasteiger partial charge in [0.25, 0.3) is 0 Å². The molecule has 0 aliphatic heterocycles. The summed E-state index contributed by atoms with van der Waals surface area (Å²) in [5, 5.41) is 24.9. The second-order valence-electron chi connectivity index (χ2n) is 3.63. The number of rotatable bonds is 3. The number of hydrogen-bond acceptors (Lipinski definition) is 4. The fraction of sp³-hybridized carbons (Fsp3) is 0.364. The molecule has 1 rings (SSSR count). The summed E-state index contributed by atoms with van der Waals surface area (Å²) in [4.78, 5) is 0. The number of aryl methyl sites for hydroxylation is 1. The fourth-order valence-corrected chi connectivity index (χ4v) is 1.28. The lowest BCUT2D eigenvalue weighted by molar-refractivity contribution is 0.434. The van der Waals surface area contributed by atoms with E-state index in [1.807, 2.05) is 21.0 Å². The molecule has 0 amide bonds. The zero-order chi connectivity index (χ0) is 11.4. The third-order valence-electron chi connectivity index (χ3n) is 1.96. The van der Waals surface area contributed by atoms with E-state index in [0.717, 1.165) is 5.56 Å². The van der Waals surface area contributed by atoms with Gasteiger partial charge in [-0.1, -0.05) is 0 Å². The molecule has 0 radical (unpaired) electrons. The minimum absolute atomic E-state index is 0.109. The van der Waals surface area contributed by atoms with Gasteiger partial charge < -0.3 is 15.2 Å². The van der Waals surface area contributed by atoms with Crippen molar-refractivity contribution < 1.29 is 10.2 Å². The Bertz CT molecular complexity index is 350. The second-order valence-corrected chi connectivity index (χ2v) is 3.63. The molecule has 1 aromatic carbocycles. The highest BCUT2D eigenvalue weighted by Crippen LogP contribution is 2.28. The van der Waals surface area contributed by atoms with E-state index in [9.17, 15) is 10.2 Å². The number of phenols is 2. The van der Waals surface area contributed by atoms with Crippen LogP contribution in [0.15, 0.2) is 17.2 Å². The summed E-state index contributed by atoms with van der Waals surface area (Å²) >= 11 is 0. The molecular weight excluding hydrogens is 192 g/mol. The van der Waals surface area contributed by atoms with Crippen LogP contribution in [0.4, 0.5) is 0 Å². The van der Waals surface area contributed by atoms with Crippen molar-refractivity contribution in [3.8, 4) is 11.5 Å². The average molecular weight is 208 g/mol. The van der Waals surface area contributed by atoms with Gasteiger partial charge in [-0.3, -0.25) is 0 Å². The van der Waals surface area contributed by atoms with Crippen molar-refractivity contribution in [1.29, 1.82) is 0 Å². The Kier molecular flexibility index (Phi) is 3.55. The number of phenolic OH excluding ortho intramolecular Hbond substituents is 2. The first-order valence-corrected chi connectivity index (χ1v) is 4.72. The maximum atomic E-state index is 9.60. The molecule has 0 aromatic heterocycles. The number of nitrogens with zero attached hydrogens (tertiary/aromatic N) is 2. The SMILES string of the molecule is Cc1cc(O)c(CC=NN(C)C)c(O)c1. The van der Waals surface area contributed by atoms with E-state index < -0.39 is 0 Å². The van der Waals surface area contributed by atoms with Crippen molar-refractivity contribution in [3.63, 3.8) is 0 Å². The first kappa shape index (κ1) is 11.4. The molecule has 0 fully saturated rings. The molecule has 15 heavy (non-hydrogen) atoms. The van der Waals surface area contributed by atoms with Gasteiger partial charge in [-0.15, -0.1) is 0 Å². The Morgan fingerprint density at radius 1 is 1.27 bits per heavy atom. The number of hydrogen-bond donors (Lipinski definition) is 2. The Morgan fingerprint density at radius 3 is 2.27 bits per heavy atom. The predicted octanol–water partition coefficient (Wildman–Crippen LogP) is 1.50. The van der Waals surface area contributed by atoms with Crippen LogP contribution >= 0.6 is 0 Å². The molecule has 0 unspecified atom stereocenters. The highest BCUT2D eigenvalue weighted by Gasteiger charge is 2.06. The molecule has 0 heterocycles. The van der Waals surface area contributed by atoms with Crippen LogP contribution in [-0.2, 0) is 6.42 Å². The van der Waals surface area contributed by atoms with Crippen LogP contribution < -0.4 is 0 Å². The predicted molar refractivity (Wildman–Crippen MR) is 60.4 cm³/mol. The quantitative estimate of drug-likeness (QED) is 0.584. The monoisotopic (exact) mass is 208 g/mol. The topological polar surface area (TPSA) is 56.1 Å². The van der Waals surface area contributed by atoms with Crippen LogP contribution in [-0.4, -0.2) is 35.5 Å². The van der Waals surface area contributed by atoms with E-state index in [0.29, 0.717) is 12.0 Å². The summed E-state index contributed by atoms with van der Waals surface area (Å²) in [5.41, 5.74) is 1.34. The molecule has 0 aliphatic rings. The summed E-state index contributed by atoms with van der Waals surface area (Å²) < 4.78 is 0. The van der Waals surface area contributed by atoms with Crippen LogP contribution in [0.1, 0.15) is 11.1 Å². The standard InChI is InChI=1S/C11H16N2O2/c1-8-6-10(14)9(11(15)7-8)4-5-12-13(2)3/h5-7,14-15H,4H2,1-3H3. The highest BCUT2D eigenvalue weighted by molar-refractivity contribution is 5.65. The minimum Gasteiger partial charge on any atom is -0.508 e. The van der Waals surface area contributed by atoms with E-state index in [4.69, 9.17) is 0 Å². The molecule has 0 aliphatic carbocycles. The van der Waals surface area contributed by atoms with Gasteiger partial charge in [-0.05, 0) is 24.6 Å². The normalized spacial score (nSPS) is 10.9. The maximum absolute atomic E-state index is 9.60. The average Bonchev–Trinajstić information content (AvgIpc) is 2.08. The molecule has 0 spiro atoms. The van der Waals surface area contributed by atoms with Crippen LogP contribution in [0.2, 0.25) is 0 Å². The number of benzene rings is 1. The van der Waals surface area contributed by atoms with Gasteiger partial charge in [0.2, 0.25) is 0 Å². The zero-order valence-electron chi connectivity index (χ0n) is 9.23. The van der Waals surface area contributed by atoms with Gasteiger partial charge in [0.1, 0.15) is 11.5 Å². The first-order chi connectivity index (χ1) is 7.00. The van der Waals surface area contributed by atoms with Crippen molar-refractivity contribution in [2.75, 3.05) is 14.1 Å². The van der Waals surface area contributed by atoms with Gasteiger partial charge in [-0.25, -0.2) is 0 Å². The Hall–Kier alpha value is -1.71. The van der Waals surface area contributed by atoms with Gasteiger partial charge in [0.15, 0.2) is 0 Å². The van der Waals surface area contributed by atoms with Crippen molar-refractivity contribution in [3.05, 3.63) is 23.3 Å². The van der Waals surface area contributed by atoms with E-state index in [1.165, 1.54) is 0 Å². The summed E-state index contributed by atoms with van der Waals surface area (Å²) in [6.45, 7) is 1.82. The smallest absolute Gasteiger partial charge is 0.123 e. The van der Waals surface area contributed by atoms with E-state index in [2.05, 4.69) is 5.10 Å². The van der Waals surface area contributed by atoms with Gasteiger partial charge >= 0.3 is 0 Å². The van der Waals surface area contributed by atoms with Crippen molar-refractivity contribution >= 4 is 6.21 Å². The van der Waals surface area contributed by atoms with Gasteiger partial charge in [0.05, 0.1) is 0 Å². The third kappa shape index (κ3) is 3.16. The van der Waals surface area contributed by atoms with Crippen molar-refractivity contribution in [1.82, 2.24) is 5.01 Å². The zero-order valence-corrected chi connectivity index (χ0v) is 9.23. The lowest BCUT2D eigenvalue weighted by atomic mass is 10.1. The molecule has 0 saturated carbocycles. The molecule has 0 saturated heterocycles. The van der Waals surface area contributed by atoms with E-state index >= 15 is 0 Å². The maximum Gasteiger partial charge on any atom is 0.123 e. The van der Waals surface area contributed by atoms with E-state index in [1.54, 1.807) is 23.4 Å². The van der Waals surface area contributed by atoms with Crippen LogP contribution in [0.5, 0.6) is 11.5 Å². The molecule has 1 aromatic rings. The first-order valence-electron chi connectivity index (χ1n) is 4.72. The van der Waals surface area contributed by atoms with Crippen LogP contribution in [0.25, 0.3) is 0 Å². The molecule has 0 atom stereocenters. The van der Waals surface area contributed by atoms with Crippen LogP contribution in [0, 0.1) is 6.92 Å². The van der Waals surface area contributed by atoms with Crippen LogP contribution in [0.3, 0.4) is 0 Å². The highest BCUT2D eigenvalue weighted by atomic mass is 16.3. The number of aromatic hydroxyl groups is 2. The minimum atomic E-state index is 0.109. The summed E-state index contributed by atoms with van der Waals surface area (Å²) in [7, 11) is 3.62. The van der Waals surface area contributed by atoms with Gasteiger partial charge in [-0.2, -0.15) is 5.10 Å². The molecular formula is C11H16N2O2. The Balaban J connectivity index is 2.86. The molecule has 2 N–H and O–H groups in total. The summed E-state index contributed by atoms with van der Waals surface area (Å²) in [6.07, 6.45) is 2.06. The third-order valence-corrected chi connectivity index (χ3v) is 1.96. The largest absolute Gasteiger partial charge is 0.508 e. The summed E-state index contributed by atoms with van der Waals surface area (Å²) in [6, 6.07) is 3.25. The van der Waals surface area contributed by atoms with E-state index in [-0.39, 0.29) is 11.5 Å². The van der Waals surface area contributed by atoms with Crippen molar-refractivity contribution in [2.24, 2.45) is 5.10 Å². The lowest BCUT2D eigenvalue weighted by Crippen LogP contribution is -2.02. The number of hydrazone groups is 1. The molecule has 4 nitrogen and oxygen atoms in total.